The molecule has 0 spiro atoms. The Morgan fingerprint density at radius 3 is 1.91 bits per heavy atom. The van der Waals surface area contributed by atoms with Crippen molar-refractivity contribution in [3.63, 3.8) is 0 Å². The van der Waals surface area contributed by atoms with Crippen LogP contribution >= 0.6 is 0 Å². The number of hydrogen-bond donors (Lipinski definition) is 2. The minimum Gasteiger partial charge on any atom is -0.481 e. The number of Topliss-reactive ketones (excluding diaryl/α,β-unsaturated/α-hetero) is 2. The van der Waals surface area contributed by atoms with Gasteiger partial charge >= 0.3 is 11.9 Å². The van der Waals surface area contributed by atoms with E-state index >= 15 is 0 Å². The molecule has 0 aliphatic rings. The number of carboxylic acid groups (broad SMARTS) is 1. The van der Waals surface area contributed by atoms with Crippen molar-refractivity contribution >= 4 is 23.5 Å². The van der Waals surface area contributed by atoms with Gasteiger partial charge in [-0.1, -0.05) is 13.8 Å². The molecule has 1 unspecified atom stereocenters. The zero-order chi connectivity index (χ0) is 18.4. The molecule has 2 atom stereocenters. The Hall–Kier alpha value is -1.76. The van der Waals surface area contributed by atoms with Crippen molar-refractivity contribution in [3.05, 3.63) is 0 Å². The maximum absolute atomic E-state index is 12.4. The highest BCUT2D eigenvalue weighted by atomic mass is 16.5. The smallest absolute Gasteiger partial charge is 0.309 e. The van der Waals surface area contributed by atoms with Gasteiger partial charge in [-0.2, -0.15) is 0 Å². The number of ketones is 2. The monoisotopic (exact) mass is 330 g/mol. The SMILES string of the molecule is CC(=O)CC(O)(CC(=O)OC(C)C)C(=O)C[C@H](C(=O)O)C(C)C. The quantitative estimate of drug-likeness (QED) is 0.580. The van der Waals surface area contributed by atoms with Crippen LogP contribution in [0.4, 0.5) is 0 Å². The van der Waals surface area contributed by atoms with E-state index in [1.54, 1.807) is 27.7 Å². The molecule has 2 N–H and O–H groups in total. The van der Waals surface area contributed by atoms with Crippen LogP contribution in [0.5, 0.6) is 0 Å². The summed E-state index contributed by atoms with van der Waals surface area (Å²) in [5.41, 5.74) is -2.24. The van der Waals surface area contributed by atoms with Gasteiger partial charge < -0.3 is 14.9 Å². The summed E-state index contributed by atoms with van der Waals surface area (Å²) in [4.78, 5) is 46.7. The first-order valence-electron chi connectivity index (χ1n) is 7.56. The van der Waals surface area contributed by atoms with Crippen molar-refractivity contribution in [1.29, 1.82) is 0 Å². The molecule has 0 saturated carbocycles. The zero-order valence-corrected chi connectivity index (χ0v) is 14.3. The predicted octanol–water partition coefficient (Wildman–Crippen LogP) is 1.35. The van der Waals surface area contributed by atoms with Crippen molar-refractivity contribution < 1.29 is 34.1 Å². The summed E-state index contributed by atoms with van der Waals surface area (Å²) in [7, 11) is 0. The summed E-state index contributed by atoms with van der Waals surface area (Å²) in [5, 5.41) is 19.6. The molecule has 0 aliphatic heterocycles. The first-order chi connectivity index (χ1) is 10.4. The Morgan fingerprint density at radius 1 is 1.04 bits per heavy atom. The molecule has 0 radical (unpaired) electrons. The largest absolute Gasteiger partial charge is 0.481 e. The second kappa shape index (κ2) is 8.76. The van der Waals surface area contributed by atoms with E-state index in [0.717, 1.165) is 0 Å². The molecule has 7 nitrogen and oxygen atoms in total. The maximum atomic E-state index is 12.4. The number of hydrogen-bond acceptors (Lipinski definition) is 6. The lowest BCUT2D eigenvalue weighted by atomic mass is 9.81. The van der Waals surface area contributed by atoms with Crippen LogP contribution in [-0.4, -0.2) is 45.4 Å². The minimum absolute atomic E-state index is 0.333. The number of rotatable bonds is 10. The molecule has 7 heteroatoms. The fraction of sp³-hybridized carbons (Fsp3) is 0.750. The Labute approximate surface area is 136 Å². The highest BCUT2D eigenvalue weighted by Gasteiger charge is 2.42. The van der Waals surface area contributed by atoms with Crippen LogP contribution in [-0.2, 0) is 23.9 Å². The van der Waals surface area contributed by atoms with Crippen LogP contribution in [0.25, 0.3) is 0 Å². The van der Waals surface area contributed by atoms with Gasteiger partial charge in [0.2, 0.25) is 0 Å². The van der Waals surface area contributed by atoms with Crippen LogP contribution in [0, 0.1) is 11.8 Å². The van der Waals surface area contributed by atoms with E-state index in [1.807, 2.05) is 0 Å². The highest BCUT2D eigenvalue weighted by Crippen LogP contribution is 2.25. The molecule has 0 heterocycles. The van der Waals surface area contributed by atoms with Crippen LogP contribution < -0.4 is 0 Å². The van der Waals surface area contributed by atoms with E-state index in [0.29, 0.717) is 0 Å². The first-order valence-corrected chi connectivity index (χ1v) is 7.56. The summed E-state index contributed by atoms with van der Waals surface area (Å²) in [6.07, 6.45) is -2.11. The molecule has 0 aromatic heterocycles. The lowest BCUT2D eigenvalue weighted by molar-refractivity contribution is -0.160. The van der Waals surface area contributed by atoms with Crippen molar-refractivity contribution in [2.24, 2.45) is 11.8 Å². The molecule has 23 heavy (non-hydrogen) atoms. The van der Waals surface area contributed by atoms with E-state index in [1.165, 1.54) is 6.92 Å². The van der Waals surface area contributed by atoms with Gasteiger partial charge in [-0.3, -0.25) is 19.2 Å². The van der Waals surface area contributed by atoms with Gasteiger partial charge in [0.15, 0.2) is 5.78 Å². The first kappa shape index (κ1) is 21.2. The van der Waals surface area contributed by atoms with E-state index in [9.17, 15) is 24.3 Å². The molecule has 0 aromatic carbocycles. The normalized spacial score (nSPS) is 15.1. The summed E-state index contributed by atoms with van der Waals surface area (Å²) in [5.74, 6) is -4.62. The third kappa shape index (κ3) is 7.36. The van der Waals surface area contributed by atoms with E-state index in [2.05, 4.69) is 0 Å². The summed E-state index contributed by atoms with van der Waals surface area (Å²) in [6.45, 7) is 7.70. The van der Waals surface area contributed by atoms with Gasteiger partial charge in [-0.25, -0.2) is 0 Å². The molecular formula is C16H26O7. The van der Waals surface area contributed by atoms with Gasteiger partial charge in [0.25, 0.3) is 0 Å². The number of ether oxygens (including phenoxy) is 1. The second-order valence-electron chi connectivity index (χ2n) is 6.44. The molecule has 132 valence electrons. The van der Waals surface area contributed by atoms with Crippen LogP contribution in [0.1, 0.15) is 53.9 Å². The number of esters is 1. The predicted molar refractivity (Wildman–Crippen MR) is 81.7 cm³/mol. The molecule has 0 rings (SSSR count). The number of carbonyl (C=O) groups excluding carboxylic acids is 3. The van der Waals surface area contributed by atoms with Crippen molar-refractivity contribution in [3.8, 4) is 0 Å². The number of aliphatic carboxylic acids is 1. The third-order valence-electron chi connectivity index (χ3n) is 3.39. The molecule has 0 fully saturated rings. The lowest BCUT2D eigenvalue weighted by Gasteiger charge is -2.27. The fourth-order valence-electron chi connectivity index (χ4n) is 2.21. The van der Waals surface area contributed by atoms with Gasteiger partial charge in [-0.05, 0) is 26.7 Å². The molecular weight excluding hydrogens is 304 g/mol. The maximum Gasteiger partial charge on any atom is 0.309 e. The van der Waals surface area contributed by atoms with Gasteiger partial charge in [0.05, 0.1) is 18.4 Å². The summed E-state index contributed by atoms with van der Waals surface area (Å²) < 4.78 is 4.90. The average Bonchev–Trinajstić information content (AvgIpc) is 2.31. The highest BCUT2D eigenvalue weighted by molar-refractivity contribution is 5.97. The Morgan fingerprint density at radius 2 is 1.57 bits per heavy atom. The number of aliphatic hydroxyl groups is 1. The standard InChI is InChI=1S/C16H26O7/c1-9(2)12(15(20)21)6-13(18)16(22,7-11(5)17)8-14(19)23-10(3)4/h9-10,12,22H,6-8H2,1-5H3,(H,20,21)/t12-,16?/m0/s1. The number of carboxylic acids is 1. The van der Waals surface area contributed by atoms with Gasteiger partial charge in [-0.15, -0.1) is 0 Å². The minimum atomic E-state index is -2.24. The van der Waals surface area contributed by atoms with Gasteiger partial charge in [0, 0.05) is 12.8 Å². The summed E-state index contributed by atoms with van der Waals surface area (Å²) in [6, 6.07) is 0. The van der Waals surface area contributed by atoms with Crippen molar-refractivity contribution in [1.82, 2.24) is 0 Å². The Balaban J connectivity index is 5.27. The topological polar surface area (TPSA) is 118 Å². The van der Waals surface area contributed by atoms with E-state index in [4.69, 9.17) is 9.84 Å². The molecule has 0 bridgehead atoms. The van der Waals surface area contributed by atoms with E-state index in [-0.39, 0.29) is 5.92 Å². The van der Waals surface area contributed by atoms with Crippen LogP contribution in [0.2, 0.25) is 0 Å². The summed E-state index contributed by atoms with van der Waals surface area (Å²) >= 11 is 0. The molecule has 0 saturated heterocycles. The third-order valence-corrected chi connectivity index (χ3v) is 3.39. The van der Waals surface area contributed by atoms with Crippen LogP contribution in [0.3, 0.4) is 0 Å². The zero-order valence-electron chi connectivity index (χ0n) is 14.3. The Bertz CT molecular complexity index is 467. The van der Waals surface area contributed by atoms with Crippen molar-refractivity contribution in [2.75, 3.05) is 0 Å². The second-order valence-corrected chi connectivity index (χ2v) is 6.44. The lowest BCUT2D eigenvalue weighted by Crippen LogP contribution is -2.45. The van der Waals surface area contributed by atoms with Gasteiger partial charge in [0.1, 0.15) is 11.4 Å². The molecule has 0 aliphatic carbocycles. The van der Waals surface area contributed by atoms with Crippen LogP contribution in [0.15, 0.2) is 0 Å². The molecule has 0 aromatic rings. The van der Waals surface area contributed by atoms with E-state index < -0.39 is 60.4 Å². The molecule has 0 amide bonds. The fourth-order valence-corrected chi connectivity index (χ4v) is 2.21. The Kier molecular flexibility index (Phi) is 8.09. The average molecular weight is 330 g/mol. The number of carbonyl (C=O) groups is 4. The van der Waals surface area contributed by atoms with Crippen molar-refractivity contribution in [2.45, 2.75) is 65.6 Å².